The third-order valence-corrected chi connectivity index (χ3v) is 1.68. The molecule has 0 radical (unpaired) electrons. The summed E-state index contributed by atoms with van der Waals surface area (Å²) in [5.41, 5.74) is 0.363. The number of pyridine rings is 1. The number of ether oxygens (including phenoxy) is 1. The smallest absolute Gasteiger partial charge is 0.309 e. The highest BCUT2D eigenvalue weighted by Gasteiger charge is 1.99. The van der Waals surface area contributed by atoms with Crippen LogP contribution in [0.1, 0.15) is 18.9 Å². The zero-order valence-corrected chi connectivity index (χ0v) is 8.44. The fourth-order valence-electron chi connectivity index (χ4n) is 1.02. The minimum Gasteiger partial charge on any atom is -0.466 e. The van der Waals surface area contributed by atoms with Crippen molar-refractivity contribution in [3.8, 4) is 0 Å². The summed E-state index contributed by atoms with van der Waals surface area (Å²) in [4.78, 5) is 14.4. The van der Waals surface area contributed by atoms with Crippen molar-refractivity contribution in [3.63, 3.8) is 0 Å². The van der Waals surface area contributed by atoms with Gasteiger partial charge in [-0.15, -0.1) is 0 Å². The summed E-state index contributed by atoms with van der Waals surface area (Å²) in [5, 5.41) is 0. The molecule has 0 aliphatic carbocycles. The Balaban J connectivity index is 2.52. The molecular formula is C11H12FNO2. The second-order valence-electron chi connectivity index (χ2n) is 2.79. The fraction of sp³-hybridized carbons (Fsp3) is 0.273. The monoisotopic (exact) mass is 209 g/mol. The van der Waals surface area contributed by atoms with E-state index in [9.17, 15) is 9.18 Å². The zero-order chi connectivity index (χ0) is 11.1. The van der Waals surface area contributed by atoms with E-state index < -0.39 is 5.95 Å². The van der Waals surface area contributed by atoms with Crippen molar-refractivity contribution < 1.29 is 13.9 Å². The minimum atomic E-state index is -0.544. The molecule has 0 unspecified atom stereocenters. The third kappa shape index (κ3) is 3.89. The van der Waals surface area contributed by atoms with Crippen LogP contribution in [0.4, 0.5) is 4.39 Å². The summed E-state index contributed by atoms with van der Waals surface area (Å²) in [6.07, 6.45) is 4.58. The van der Waals surface area contributed by atoms with Gasteiger partial charge in [-0.2, -0.15) is 4.39 Å². The number of aromatic nitrogens is 1. The van der Waals surface area contributed by atoms with E-state index in [0.29, 0.717) is 12.2 Å². The molecule has 1 aromatic rings. The third-order valence-electron chi connectivity index (χ3n) is 1.68. The number of halogens is 1. The Morgan fingerprint density at radius 3 is 3.13 bits per heavy atom. The number of esters is 1. The molecule has 0 spiro atoms. The first kappa shape index (κ1) is 11.4. The highest BCUT2D eigenvalue weighted by Crippen LogP contribution is 2.05. The van der Waals surface area contributed by atoms with Gasteiger partial charge in [-0.25, -0.2) is 4.98 Å². The maximum atomic E-state index is 13.0. The second-order valence-corrected chi connectivity index (χ2v) is 2.79. The second kappa shape index (κ2) is 5.90. The van der Waals surface area contributed by atoms with Gasteiger partial charge in [-0.3, -0.25) is 4.79 Å². The Morgan fingerprint density at radius 1 is 1.67 bits per heavy atom. The lowest BCUT2D eigenvalue weighted by atomic mass is 10.2. The summed E-state index contributed by atoms with van der Waals surface area (Å²) in [6.45, 7) is 2.09. The van der Waals surface area contributed by atoms with Crippen LogP contribution in [0.3, 0.4) is 0 Å². The minimum absolute atomic E-state index is 0.141. The van der Waals surface area contributed by atoms with E-state index in [1.165, 1.54) is 12.3 Å². The molecule has 80 valence electrons. The van der Waals surface area contributed by atoms with Gasteiger partial charge < -0.3 is 4.74 Å². The molecule has 4 heteroatoms. The lowest BCUT2D eigenvalue weighted by molar-refractivity contribution is -0.142. The Kier molecular flexibility index (Phi) is 4.47. The van der Waals surface area contributed by atoms with E-state index >= 15 is 0 Å². The van der Waals surface area contributed by atoms with Gasteiger partial charge in [0.2, 0.25) is 5.95 Å². The van der Waals surface area contributed by atoms with Crippen LogP contribution in [-0.2, 0) is 9.53 Å². The van der Waals surface area contributed by atoms with Crippen LogP contribution in [0, 0.1) is 5.95 Å². The largest absolute Gasteiger partial charge is 0.466 e. The number of hydrogen-bond acceptors (Lipinski definition) is 3. The Bertz CT molecular complexity index is 363. The van der Waals surface area contributed by atoms with Crippen molar-refractivity contribution in [2.24, 2.45) is 0 Å². The van der Waals surface area contributed by atoms with E-state index in [0.717, 1.165) is 0 Å². The zero-order valence-electron chi connectivity index (χ0n) is 8.44. The van der Waals surface area contributed by atoms with Crippen LogP contribution in [0.5, 0.6) is 0 Å². The average Bonchev–Trinajstić information content (AvgIpc) is 2.21. The van der Waals surface area contributed by atoms with Gasteiger partial charge >= 0.3 is 5.97 Å². The molecule has 0 saturated carbocycles. The van der Waals surface area contributed by atoms with E-state index in [1.54, 1.807) is 25.1 Å². The normalized spacial score (nSPS) is 10.5. The van der Waals surface area contributed by atoms with Crippen LogP contribution in [0.25, 0.3) is 6.08 Å². The molecule has 0 amide bonds. The molecule has 1 rings (SSSR count). The summed E-state index contributed by atoms with van der Waals surface area (Å²) in [5.74, 6) is -0.865. The summed E-state index contributed by atoms with van der Waals surface area (Å²) >= 11 is 0. The van der Waals surface area contributed by atoms with E-state index in [2.05, 4.69) is 4.98 Å². The van der Waals surface area contributed by atoms with Crippen LogP contribution in [0.15, 0.2) is 24.4 Å². The predicted octanol–water partition coefficient (Wildman–Crippen LogP) is 2.19. The first-order chi connectivity index (χ1) is 7.24. The van der Waals surface area contributed by atoms with E-state index in [-0.39, 0.29) is 12.4 Å². The van der Waals surface area contributed by atoms with Crippen molar-refractivity contribution >= 4 is 12.0 Å². The quantitative estimate of drug-likeness (QED) is 0.563. The van der Waals surface area contributed by atoms with Gasteiger partial charge in [0.15, 0.2) is 0 Å². The topological polar surface area (TPSA) is 39.2 Å². The standard InChI is InChI=1S/C11H12FNO2/c1-2-15-10(14)7-3-5-9-6-4-8-13-11(9)12/h3-6,8H,2,7H2,1H3. The molecule has 1 heterocycles. The molecule has 0 saturated heterocycles. The lowest BCUT2D eigenvalue weighted by Gasteiger charge is -1.97. The number of nitrogens with zero attached hydrogens (tertiary/aromatic N) is 1. The Hall–Kier alpha value is -1.71. The van der Waals surface area contributed by atoms with Crippen molar-refractivity contribution in [1.82, 2.24) is 4.98 Å². The first-order valence-corrected chi connectivity index (χ1v) is 4.66. The van der Waals surface area contributed by atoms with Crippen molar-refractivity contribution in [2.75, 3.05) is 6.61 Å². The number of carbonyl (C=O) groups excluding carboxylic acids is 1. The molecule has 0 aliphatic rings. The Labute approximate surface area is 87.6 Å². The molecule has 0 fully saturated rings. The highest BCUT2D eigenvalue weighted by molar-refractivity contribution is 5.72. The van der Waals surface area contributed by atoms with Crippen molar-refractivity contribution in [3.05, 3.63) is 35.9 Å². The van der Waals surface area contributed by atoms with Crippen LogP contribution >= 0.6 is 0 Å². The van der Waals surface area contributed by atoms with Gasteiger partial charge in [0.1, 0.15) is 0 Å². The highest BCUT2D eigenvalue weighted by atomic mass is 19.1. The molecule has 15 heavy (non-hydrogen) atoms. The number of carbonyl (C=O) groups is 1. The average molecular weight is 209 g/mol. The molecule has 3 nitrogen and oxygen atoms in total. The summed E-state index contributed by atoms with van der Waals surface area (Å²) in [7, 11) is 0. The maximum absolute atomic E-state index is 13.0. The van der Waals surface area contributed by atoms with Crippen molar-refractivity contribution in [1.29, 1.82) is 0 Å². The first-order valence-electron chi connectivity index (χ1n) is 4.66. The number of hydrogen-bond donors (Lipinski definition) is 0. The summed E-state index contributed by atoms with van der Waals surface area (Å²) < 4.78 is 17.7. The Morgan fingerprint density at radius 2 is 2.47 bits per heavy atom. The molecule has 0 aromatic carbocycles. The predicted molar refractivity (Wildman–Crippen MR) is 54.5 cm³/mol. The SMILES string of the molecule is CCOC(=O)CC=Cc1cccnc1F. The fourth-order valence-corrected chi connectivity index (χ4v) is 1.02. The van der Waals surface area contributed by atoms with Crippen LogP contribution < -0.4 is 0 Å². The van der Waals surface area contributed by atoms with Gasteiger partial charge in [0.25, 0.3) is 0 Å². The van der Waals surface area contributed by atoms with Crippen LogP contribution in [-0.4, -0.2) is 17.6 Å². The summed E-state index contributed by atoms with van der Waals surface area (Å²) in [6, 6.07) is 3.22. The molecular weight excluding hydrogens is 197 g/mol. The molecule has 0 bridgehead atoms. The molecule has 0 aliphatic heterocycles. The van der Waals surface area contributed by atoms with Gasteiger partial charge in [-0.05, 0) is 19.1 Å². The molecule has 1 aromatic heterocycles. The molecule has 0 N–H and O–H groups in total. The maximum Gasteiger partial charge on any atom is 0.309 e. The van der Waals surface area contributed by atoms with E-state index in [4.69, 9.17) is 4.74 Å². The molecule has 0 atom stereocenters. The van der Waals surface area contributed by atoms with Gasteiger partial charge in [0.05, 0.1) is 13.0 Å². The van der Waals surface area contributed by atoms with Gasteiger partial charge in [-0.1, -0.05) is 12.2 Å². The van der Waals surface area contributed by atoms with E-state index in [1.807, 2.05) is 0 Å². The van der Waals surface area contributed by atoms with Crippen LogP contribution in [0.2, 0.25) is 0 Å². The van der Waals surface area contributed by atoms with Crippen molar-refractivity contribution in [2.45, 2.75) is 13.3 Å². The lowest BCUT2D eigenvalue weighted by Crippen LogP contribution is -2.01. The van der Waals surface area contributed by atoms with Gasteiger partial charge in [0, 0.05) is 11.8 Å². The number of rotatable bonds is 4.